The van der Waals surface area contributed by atoms with E-state index in [2.05, 4.69) is 29.8 Å². The normalized spacial score (nSPS) is 26.4. The maximum absolute atomic E-state index is 5.62. The molecule has 2 heterocycles. The molecule has 3 rings (SSSR count). The third kappa shape index (κ3) is 3.44. The minimum absolute atomic E-state index is 0.330. The van der Waals surface area contributed by atoms with Crippen molar-refractivity contribution in [3.8, 4) is 0 Å². The molecule has 0 saturated carbocycles. The molecule has 1 fully saturated rings. The van der Waals surface area contributed by atoms with Crippen molar-refractivity contribution < 1.29 is 4.74 Å². The topological polar surface area (TPSA) is 41.1 Å². The molecule has 0 bridgehead atoms. The van der Waals surface area contributed by atoms with E-state index in [4.69, 9.17) is 9.72 Å². The Balaban J connectivity index is 1.67. The van der Waals surface area contributed by atoms with Gasteiger partial charge in [-0.25, -0.2) is 4.98 Å². The van der Waals surface area contributed by atoms with Gasteiger partial charge in [0.2, 0.25) is 0 Å². The van der Waals surface area contributed by atoms with E-state index >= 15 is 0 Å². The largest absolute Gasteiger partial charge is 0.380 e. The van der Waals surface area contributed by atoms with Crippen molar-refractivity contribution in [3.63, 3.8) is 0 Å². The summed E-state index contributed by atoms with van der Waals surface area (Å²) in [6, 6.07) is 0.376. The summed E-state index contributed by atoms with van der Waals surface area (Å²) in [4.78, 5) is 10.8. The van der Waals surface area contributed by atoms with Crippen LogP contribution in [0.5, 0.6) is 0 Å². The number of H-pyrrole nitrogens is 1. The lowest BCUT2D eigenvalue weighted by Crippen LogP contribution is -2.27. The van der Waals surface area contributed by atoms with Gasteiger partial charge in [0.1, 0.15) is 5.82 Å². The molecule has 1 saturated heterocycles. The lowest BCUT2D eigenvalue weighted by molar-refractivity contribution is 0.108. The van der Waals surface area contributed by atoms with Gasteiger partial charge in [-0.3, -0.25) is 4.90 Å². The van der Waals surface area contributed by atoms with E-state index in [0.717, 1.165) is 31.0 Å². The number of aromatic nitrogens is 2. The summed E-state index contributed by atoms with van der Waals surface area (Å²) in [6.45, 7) is 6.32. The summed E-state index contributed by atoms with van der Waals surface area (Å²) < 4.78 is 5.62. The van der Waals surface area contributed by atoms with Crippen molar-refractivity contribution in [1.82, 2.24) is 14.9 Å². The van der Waals surface area contributed by atoms with Gasteiger partial charge >= 0.3 is 0 Å². The van der Waals surface area contributed by atoms with Crippen LogP contribution in [0.25, 0.3) is 0 Å². The van der Waals surface area contributed by atoms with E-state index in [1.165, 1.54) is 37.8 Å². The van der Waals surface area contributed by atoms with E-state index in [1.807, 2.05) is 7.11 Å². The second kappa shape index (κ2) is 6.97. The van der Waals surface area contributed by atoms with Gasteiger partial charge in [-0.1, -0.05) is 11.6 Å². The number of allylic oxidation sites excluding steroid dienone is 1. The van der Waals surface area contributed by atoms with Gasteiger partial charge in [-0.15, -0.1) is 0 Å². The number of likely N-dealkylation sites (tertiary alicyclic amines) is 1. The zero-order valence-electron chi connectivity index (χ0n) is 14.2. The Hall–Kier alpha value is -1.13. The molecule has 0 amide bonds. The molecule has 0 radical (unpaired) electrons. The monoisotopic (exact) mass is 303 g/mol. The summed E-state index contributed by atoms with van der Waals surface area (Å²) >= 11 is 0. The van der Waals surface area contributed by atoms with Crippen molar-refractivity contribution in [1.29, 1.82) is 0 Å². The molecule has 4 nitrogen and oxygen atoms in total. The summed E-state index contributed by atoms with van der Waals surface area (Å²) in [6.07, 6.45) is 10.3. The molecule has 22 heavy (non-hydrogen) atoms. The average molecular weight is 303 g/mol. The molecule has 122 valence electrons. The summed E-state index contributed by atoms with van der Waals surface area (Å²) in [7, 11) is 1.83. The molecule has 4 heteroatoms. The minimum Gasteiger partial charge on any atom is -0.380 e. The highest BCUT2D eigenvalue weighted by molar-refractivity contribution is 5.15. The first-order chi connectivity index (χ1) is 10.7. The summed E-state index contributed by atoms with van der Waals surface area (Å²) in [5.74, 6) is 1.12. The number of hydrogen-bond acceptors (Lipinski definition) is 3. The van der Waals surface area contributed by atoms with E-state index < -0.39 is 0 Å². The standard InChI is InChI=1S/C18H29N3O/c1-13-14(2)20-18(19-13)17-11-16(22-3)12-21(17)10-9-15-7-5-4-6-8-15/h7,16-17H,4-6,8-12H2,1-3H3,(H,19,20)/t16-,17+/m1/s1. The molecule has 1 aromatic heterocycles. The molecule has 0 aromatic carbocycles. The van der Waals surface area contributed by atoms with Crippen LogP contribution in [0, 0.1) is 13.8 Å². The lowest BCUT2D eigenvalue weighted by Gasteiger charge is -2.24. The molecule has 2 atom stereocenters. The van der Waals surface area contributed by atoms with Crippen LogP contribution in [-0.4, -0.2) is 41.2 Å². The number of imidazole rings is 1. The van der Waals surface area contributed by atoms with E-state index in [-0.39, 0.29) is 0 Å². The van der Waals surface area contributed by atoms with Crippen LogP contribution in [0.2, 0.25) is 0 Å². The predicted octanol–water partition coefficient (Wildman–Crippen LogP) is 3.68. The first-order valence-electron chi connectivity index (χ1n) is 8.65. The SMILES string of the molecule is CO[C@@H]1C[C@@H](c2nc(C)c(C)[nH]2)N(CCC2=CCCCC2)C1. The number of rotatable bonds is 5. The third-order valence-electron chi connectivity index (χ3n) is 5.27. The van der Waals surface area contributed by atoms with E-state index in [0.29, 0.717) is 12.1 Å². The number of aromatic amines is 1. The fourth-order valence-electron chi connectivity index (χ4n) is 3.72. The van der Waals surface area contributed by atoms with Gasteiger partial charge in [0.05, 0.1) is 17.8 Å². The predicted molar refractivity (Wildman–Crippen MR) is 89.0 cm³/mol. The summed E-state index contributed by atoms with van der Waals surface area (Å²) in [5.41, 5.74) is 3.95. The average Bonchev–Trinajstić information content (AvgIpc) is 3.10. The molecular formula is C18H29N3O. The Labute approximate surface area is 134 Å². The maximum Gasteiger partial charge on any atom is 0.124 e. The molecule has 1 aromatic rings. The molecule has 0 unspecified atom stereocenters. The van der Waals surface area contributed by atoms with Gasteiger partial charge in [-0.05, 0) is 52.4 Å². The molecular weight excluding hydrogens is 274 g/mol. The number of nitrogens with one attached hydrogen (secondary N) is 1. The van der Waals surface area contributed by atoms with Crippen LogP contribution in [0.4, 0.5) is 0 Å². The van der Waals surface area contributed by atoms with Crippen LogP contribution in [0.15, 0.2) is 11.6 Å². The number of hydrogen-bond donors (Lipinski definition) is 1. The number of nitrogens with zero attached hydrogens (tertiary/aromatic N) is 2. The number of methoxy groups -OCH3 is 1. The summed E-state index contributed by atoms with van der Waals surface area (Å²) in [5, 5.41) is 0. The smallest absolute Gasteiger partial charge is 0.124 e. The molecule has 0 spiro atoms. The fourth-order valence-corrected chi connectivity index (χ4v) is 3.72. The highest BCUT2D eigenvalue weighted by Crippen LogP contribution is 2.33. The highest BCUT2D eigenvalue weighted by atomic mass is 16.5. The van der Waals surface area contributed by atoms with E-state index in [1.54, 1.807) is 5.57 Å². The van der Waals surface area contributed by atoms with Crippen LogP contribution in [-0.2, 0) is 4.74 Å². The van der Waals surface area contributed by atoms with Gasteiger partial charge in [0, 0.05) is 25.9 Å². The van der Waals surface area contributed by atoms with Gasteiger partial charge in [0.25, 0.3) is 0 Å². The number of aryl methyl sites for hydroxylation is 2. The molecule has 1 N–H and O–H groups in total. The van der Waals surface area contributed by atoms with Gasteiger partial charge < -0.3 is 9.72 Å². The Morgan fingerprint density at radius 1 is 1.36 bits per heavy atom. The van der Waals surface area contributed by atoms with Gasteiger partial charge in [-0.2, -0.15) is 0 Å². The van der Waals surface area contributed by atoms with Crippen LogP contribution in [0.3, 0.4) is 0 Å². The van der Waals surface area contributed by atoms with Crippen molar-refractivity contribution in [3.05, 3.63) is 28.9 Å². The fraction of sp³-hybridized carbons (Fsp3) is 0.722. The number of ether oxygens (including phenoxy) is 1. The van der Waals surface area contributed by atoms with Gasteiger partial charge in [0.15, 0.2) is 0 Å². The van der Waals surface area contributed by atoms with E-state index in [9.17, 15) is 0 Å². The van der Waals surface area contributed by atoms with Crippen LogP contribution < -0.4 is 0 Å². The second-order valence-electron chi connectivity index (χ2n) is 6.79. The highest BCUT2D eigenvalue weighted by Gasteiger charge is 2.34. The zero-order valence-corrected chi connectivity index (χ0v) is 14.2. The van der Waals surface area contributed by atoms with Crippen LogP contribution in [0.1, 0.15) is 61.8 Å². The Morgan fingerprint density at radius 3 is 2.86 bits per heavy atom. The Kier molecular flexibility index (Phi) is 4.99. The van der Waals surface area contributed by atoms with Crippen molar-refractivity contribution in [2.75, 3.05) is 20.2 Å². The Morgan fingerprint density at radius 2 is 2.23 bits per heavy atom. The van der Waals surface area contributed by atoms with Crippen LogP contribution >= 0.6 is 0 Å². The first-order valence-corrected chi connectivity index (χ1v) is 8.65. The van der Waals surface area contributed by atoms with Crippen molar-refractivity contribution in [2.45, 2.75) is 64.5 Å². The quantitative estimate of drug-likeness (QED) is 0.844. The minimum atomic E-state index is 0.330. The molecule has 1 aliphatic carbocycles. The molecule has 2 aliphatic rings. The third-order valence-corrected chi connectivity index (χ3v) is 5.27. The maximum atomic E-state index is 5.62. The second-order valence-corrected chi connectivity index (χ2v) is 6.79. The molecule has 1 aliphatic heterocycles. The first kappa shape index (κ1) is 15.8. The zero-order chi connectivity index (χ0) is 15.5. The Bertz CT molecular complexity index is 515. The van der Waals surface area contributed by atoms with Crippen molar-refractivity contribution in [2.24, 2.45) is 0 Å². The van der Waals surface area contributed by atoms with Crippen molar-refractivity contribution >= 4 is 0 Å². The lowest BCUT2D eigenvalue weighted by atomic mass is 9.97.